The lowest BCUT2D eigenvalue weighted by atomic mass is 9.92. The third-order valence-electron chi connectivity index (χ3n) is 12.1. The summed E-state index contributed by atoms with van der Waals surface area (Å²) in [5.41, 5.74) is 10.3. The van der Waals surface area contributed by atoms with Gasteiger partial charge in [-0.2, -0.15) is 0 Å². The van der Waals surface area contributed by atoms with E-state index in [9.17, 15) is 0 Å². The van der Waals surface area contributed by atoms with Gasteiger partial charge >= 0.3 is 0 Å². The largest absolute Gasteiger partial charge is 0.246 e. The maximum Gasteiger partial charge on any atom is 0.164 e. The minimum Gasteiger partial charge on any atom is -0.246 e. The maximum absolute atomic E-state index is 5.49. The van der Waals surface area contributed by atoms with Crippen LogP contribution in [0.2, 0.25) is 0 Å². The highest BCUT2D eigenvalue weighted by Gasteiger charge is 2.18. The fourth-order valence-electron chi connectivity index (χ4n) is 8.95. The lowest BCUT2D eigenvalue weighted by Gasteiger charge is -2.15. The van der Waals surface area contributed by atoms with E-state index in [1.54, 1.807) is 0 Å². The van der Waals surface area contributed by atoms with Gasteiger partial charge < -0.3 is 0 Å². The number of pyridine rings is 1. The highest BCUT2D eigenvalue weighted by atomic mass is 15.0. The van der Waals surface area contributed by atoms with Crippen LogP contribution in [-0.2, 0) is 0 Å². The minimum absolute atomic E-state index is 0.623. The average Bonchev–Trinajstić information content (AvgIpc) is 3.35. The van der Waals surface area contributed by atoms with Crippen molar-refractivity contribution in [3.8, 4) is 67.7 Å². The summed E-state index contributed by atoms with van der Waals surface area (Å²) in [5, 5.41) is 10.6. The zero-order valence-electron chi connectivity index (χ0n) is 33.6. The molecule has 0 saturated heterocycles. The van der Waals surface area contributed by atoms with E-state index in [0.29, 0.717) is 17.5 Å². The molecule has 288 valence electrons. The molecule has 2 heterocycles. The van der Waals surface area contributed by atoms with Crippen molar-refractivity contribution in [2.45, 2.75) is 0 Å². The third-order valence-corrected chi connectivity index (χ3v) is 12.1. The Hall–Kier alpha value is -8.34. The van der Waals surface area contributed by atoms with Crippen LogP contribution in [-0.4, -0.2) is 19.9 Å². The quantitative estimate of drug-likeness (QED) is 0.158. The Labute approximate surface area is 358 Å². The second kappa shape index (κ2) is 14.7. The lowest BCUT2D eigenvalue weighted by Crippen LogP contribution is -2.00. The molecule has 0 N–H and O–H groups in total. The van der Waals surface area contributed by atoms with Crippen LogP contribution in [0.15, 0.2) is 218 Å². The number of hydrogen-bond acceptors (Lipinski definition) is 4. The van der Waals surface area contributed by atoms with E-state index in [2.05, 4.69) is 218 Å². The first-order chi connectivity index (χ1) is 30.7. The molecule has 4 nitrogen and oxygen atoms in total. The van der Waals surface area contributed by atoms with Crippen LogP contribution in [0.5, 0.6) is 0 Å². The van der Waals surface area contributed by atoms with Gasteiger partial charge in [0.15, 0.2) is 17.5 Å². The molecule has 12 rings (SSSR count). The minimum atomic E-state index is 0.623. The number of rotatable bonds is 6. The monoisotopic (exact) mass is 788 g/mol. The van der Waals surface area contributed by atoms with Crippen LogP contribution in [0, 0.1) is 0 Å². The molecule has 12 aromatic rings. The second-order valence-electron chi connectivity index (χ2n) is 15.8. The summed E-state index contributed by atoms with van der Waals surface area (Å²) in [7, 11) is 0. The molecule has 0 spiro atoms. The molecule has 0 aliphatic carbocycles. The van der Waals surface area contributed by atoms with E-state index in [-0.39, 0.29) is 0 Å². The number of hydrogen-bond donors (Lipinski definition) is 0. The van der Waals surface area contributed by atoms with Crippen molar-refractivity contribution in [3.63, 3.8) is 0 Å². The topological polar surface area (TPSA) is 51.6 Å². The van der Waals surface area contributed by atoms with Crippen LogP contribution >= 0.6 is 0 Å². The summed E-state index contributed by atoms with van der Waals surface area (Å²) in [4.78, 5) is 20.8. The van der Waals surface area contributed by atoms with E-state index < -0.39 is 0 Å². The van der Waals surface area contributed by atoms with Crippen LogP contribution < -0.4 is 0 Å². The van der Waals surface area contributed by atoms with Gasteiger partial charge in [0, 0.05) is 44.0 Å². The van der Waals surface area contributed by atoms with E-state index >= 15 is 0 Å². The predicted molar refractivity (Wildman–Crippen MR) is 258 cm³/mol. The first kappa shape index (κ1) is 35.6. The van der Waals surface area contributed by atoms with Crippen molar-refractivity contribution in [1.82, 2.24) is 19.9 Å². The standard InChI is InChI=1S/C58H36N4/c1-2-14-40(15-3-1)50-22-11-23-51-53-49-21-9-8-16-41(49)32-33-52(53)54(59-55(50)51)42-28-24-39(25-29-42)45-19-10-20-46(34-45)56-60-57(47-30-26-37-12-4-6-17-43(37)35-47)62-58(61-56)48-31-27-38-13-5-7-18-44(38)36-48/h1-36H. The van der Waals surface area contributed by atoms with Crippen LogP contribution in [0.4, 0.5) is 0 Å². The van der Waals surface area contributed by atoms with Crippen molar-refractivity contribution in [2.24, 2.45) is 0 Å². The Kier molecular flexibility index (Phi) is 8.46. The van der Waals surface area contributed by atoms with Crippen molar-refractivity contribution >= 4 is 54.0 Å². The number of fused-ring (bicyclic) bond motifs is 7. The van der Waals surface area contributed by atoms with Crippen molar-refractivity contribution in [3.05, 3.63) is 218 Å². The van der Waals surface area contributed by atoms with E-state index in [1.165, 1.54) is 26.9 Å². The number of para-hydroxylation sites is 1. The maximum atomic E-state index is 5.49. The Morgan fingerprint density at radius 2 is 0.726 bits per heavy atom. The molecule has 10 aromatic carbocycles. The molecule has 2 aromatic heterocycles. The molecule has 62 heavy (non-hydrogen) atoms. The summed E-state index contributed by atoms with van der Waals surface area (Å²) >= 11 is 0. The fourth-order valence-corrected chi connectivity index (χ4v) is 8.95. The molecular formula is C58H36N4. The highest BCUT2D eigenvalue weighted by molar-refractivity contribution is 6.24. The van der Waals surface area contributed by atoms with Gasteiger partial charge in [0.25, 0.3) is 0 Å². The predicted octanol–water partition coefficient (Wildman–Crippen LogP) is 15.0. The zero-order chi connectivity index (χ0) is 41.0. The summed E-state index contributed by atoms with van der Waals surface area (Å²) in [6.07, 6.45) is 0. The van der Waals surface area contributed by atoms with Gasteiger partial charge in [-0.25, -0.2) is 19.9 Å². The molecule has 4 heteroatoms. The van der Waals surface area contributed by atoms with E-state index in [4.69, 9.17) is 19.9 Å². The van der Waals surface area contributed by atoms with Gasteiger partial charge in [0.05, 0.1) is 11.2 Å². The van der Waals surface area contributed by atoms with Gasteiger partial charge in [-0.05, 0) is 67.2 Å². The smallest absolute Gasteiger partial charge is 0.164 e. The van der Waals surface area contributed by atoms with Gasteiger partial charge in [-0.1, -0.05) is 200 Å². The van der Waals surface area contributed by atoms with Crippen LogP contribution in [0.3, 0.4) is 0 Å². The van der Waals surface area contributed by atoms with E-state index in [0.717, 1.165) is 77.3 Å². The van der Waals surface area contributed by atoms with E-state index in [1.807, 2.05) is 0 Å². The molecule has 0 fully saturated rings. The van der Waals surface area contributed by atoms with Gasteiger partial charge in [0.2, 0.25) is 0 Å². The molecule has 0 unspecified atom stereocenters. The van der Waals surface area contributed by atoms with Crippen molar-refractivity contribution < 1.29 is 0 Å². The van der Waals surface area contributed by atoms with Crippen LogP contribution in [0.1, 0.15) is 0 Å². The highest BCUT2D eigenvalue weighted by Crippen LogP contribution is 2.40. The first-order valence-electron chi connectivity index (χ1n) is 21.0. The first-order valence-corrected chi connectivity index (χ1v) is 21.0. The summed E-state index contributed by atoms with van der Waals surface area (Å²) in [5.74, 6) is 1.90. The molecule has 0 amide bonds. The Bertz CT molecular complexity index is 3590. The molecule has 0 bridgehead atoms. The SMILES string of the molecule is c1ccc(-c2cccc3c2nc(-c2ccc(-c4cccc(-c5nc(-c6ccc7ccccc7c6)nc(-c6ccc7ccccc7c6)n5)c4)cc2)c2ccc4ccccc4c23)cc1. The Balaban J connectivity index is 0.971. The molecule has 0 aliphatic rings. The summed E-state index contributed by atoms with van der Waals surface area (Å²) in [6, 6.07) is 77.1. The summed E-state index contributed by atoms with van der Waals surface area (Å²) < 4.78 is 0. The van der Waals surface area contributed by atoms with Gasteiger partial charge in [-0.3, -0.25) is 0 Å². The third kappa shape index (κ3) is 6.25. The normalized spacial score (nSPS) is 11.5. The van der Waals surface area contributed by atoms with Crippen molar-refractivity contribution in [2.75, 3.05) is 0 Å². The van der Waals surface area contributed by atoms with Crippen molar-refractivity contribution in [1.29, 1.82) is 0 Å². The Morgan fingerprint density at radius 3 is 1.40 bits per heavy atom. The molecular weight excluding hydrogens is 753 g/mol. The molecule has 0 saturated carbocycles. The molecule has 0 aliphatic heterocycles. The fraction of sp³-hybridized carbons (Fsp3) is 0. The summed E-state index contributed by atoms with van der Waals surface area (Å²) in [6.45, 7) is 0. The number of aromatic nitrogens is 4. The number of benzene rings is 10. The van der Waals surface area contributed by atoms with Gasteiger partial charge in [0.1, 0.15) is 0 Å². The second-order valence-corrected chi connectivity index (χ2v) is 15.8. The lowest BCUT2D eigenvalue weighted by molar-refractivity contribution is 1.08. The molecule has 0 radical (unpaired) electrons. The average molecular weight is 789 g/mol. The van der Waals surface area contributed by atoms with Gasteiger partial charge in [-0.15, -0.1) is 0 Å². The number of nitrogens with zero attached hydrogens (tertiary/aromatic N) is 4. The van der Waals surface area contributed by atoms with Crippen LogP contribution in [0.25, 0.3) is 122 Å². The Morgan fingerprint density at radius 1 is 0.242 bits per heavy atom. The molecule has 0 atom stereocenters. The zero-order valence-corrected chi connectivity index (χ0v) is 33.6.